The van der Waals surface area contributed by atoms with E-state index < -0.39 is 0 Å². The second-order valence-electron chi connectivity index (χ2n) is 6.73. The van der Waals surface area contributed by atoms with Crippen LogP contribution in [0.25, 0.3) is 0 Å². The van der Waals surface area contributed by atoms with Gasteiger partial charge in [-0.15, -0.1) is 0 Å². The van der Waals surface area contributed by atoms with Gasteiger partial charge in [0, 0.05) is 25.7 Å². The van der Waals surface area contributed by atoms with E-state index in [4.69, 9.17) is 4.74 Å². The Kier molecular flexibility index (Phi) is 3.82. The first-order valence-electron chi connectivity index (χ1n) is 8.72. The highest BCUT2D eigenvalue weighted by molar-refractivity contribution is 6.04. The van der Waals surface area contributed by atoms with Gasteiger partial charge in [0.1, 0.15) is 11.8 Å². The van der Waals surface area contributed by atoms with E-state index in [1.165, 1.54) is 0 Å². The maximum Gasteiger partial charge on any atom is 0.327 e. The lowest BCUT2D eigenvalue weighted by Gasteiger charge is -2.37. The molecule has 3 aliphatic rings. The Morgan fingerprint density at radius 2 is 1.79 bits per heavy atom. The second kappa shape index (κ2) is 6.00. The molecule has 0 unspecified atom stereocenters. The predicted molar refractivity (Wildman–Crippen MR) is 90.2 cm³/mol. The fourth-order valence-corrected chi connectivity index (χ4v) is 4.24. The van der Waals surface area contributed by atoms with Gasteiger partial charge in [0.15, 0.2) is 0 Å². The molecule has 24 heavy (non-hydrogen) atoms. The number of nitrogens with zero attached hydrogens (tertiary/aromatic N) is 3. The Hall–Kier alpha value is -2.24. The Morgan fingerprint density at radius 1 is 1.04 bits per heavy atom. The van der Waals surface area contributed by atoms with E-state index in [1.807, 2.05) is 18.2 Å². The number of para-hydroxylation sites is 2. The molecule has 3 heterocycles. The summed E-state index contributed by atoms with van der Waals surface area (Å²) in [6.45, 7) is 2.38. The first-order valence-corrected chi connectivity index (χ1v) is 8.72. The number of carbonyl (C=O) groups is 2. The SMILES string of the molecule is COc1ccccc1N1CCC(N2C(=O)[C@@H]3CCCN3C2=O)CC1. The van der Waals surface area contributed by atoms with Crippen molar-refractivity contribution < 1.29 is 14.3 Å². The molecule has 3 fully saturated rings. The van der Waals surface area contributed by atoms with Gasteiger partial charge in [-0.3, -0.25) is 9.69 Å². The monoisotopic (exact) mass is 329 g/mol. The zero-order chi connectivity index (χ0) is 16.7. The molecule has 3 aliphatic heterocycles. The largest absolute Gasteiger partial charge is 0.495 e. The highest BCUT2D eigenvalue weighted by Crippen LogP contribution is 2.34. The summed E-state index contributed by atoms with van der Waals surface area (Å²) in [5, 5.41) is 0. The van der Waals surface area contributed by atoms with Crippen LogP contribution < -0.4 is 9.64 Å². The summed E-state index contributed by atoms with van der Waals surface area (Å²) in [7, 11) is 1.68. The standard InChI is InChI=1S/C18H23N3O3/c1-24-16-7-3-2-5-14(16)19-11-8-13(9-12-19)21-17(22)15-6-4-10-20(15)18(21)23/h2-3,5,7,13,15H,4,6,8-12H2,1H3/t15-/m0/s1. The number of anilines is 1. The molecule has 0 aromatic heterocycles. The topological polar surface area (TPSA) is 53.1 Å². The Bertz CT molecular complexity index is 633. The van der Waals surface area contributed by atoms with Crippen LogP contribution in [0.4, 0.5) is 10.5 Å². The number of rotatable bonds is 3. The summed E-state index contributed by atoms with van der Waals surface area (Å²) in [4.78, 5) is 30.7. The number of benzene rings is 1. The van der Waals surface area contributed by atoms with Gasteiger partial charge in [-0.1, -0.05) is 12.1 Å². The van der Waals surface area contributed by atoms with Crippen molar-refractivity contribution >= 4 is 17.6 Å². The van der Waals surface area contributed by atoms with Crippen LogP contribution in [0.3, 0.4) is 0 Å². The molecule has 4 rings (SSSR count). The molecule has 6 nitrogen and oxygen atoms in total. The molecule has 0 radical (unpaired) electrons. The lowest BCUT2D eigenvalue weighted by atomic mass is 10.0. The van der Waals surface area contributed by atoms with Crippen molar-refractivity contribution in [3.8, 4) is 5.75 Å². The Balaban J connectivity index is 1.45. The third-order valence-corrected chi connectivity index (χ3v) is 5.48. The van der Waals surface area contributed by atoms with Crippen molar-refractivity contribution in [3.63, 3.8) is 0 Å². The molecule has 6 heteroatoms. The van der Waals surface area contributed by atoms with Gasteiger partial charge < -0.3 is 14.5 Å². The van der Waals surface area contributed by atoms with Crippen LogP contribution in [0.15, 0.2) is 24.3 Å². The minimum absolute atomic E-state index is 0.0215. The maximum atomic E-state index is 12.6. The predicted octanol–water partition coefficient (Wildman–Crippen LogP) is 2.09. The van der Waals surface area contributed by atoms with E-state index in [-0.39, 0.29) is 24.0 Å². The molecular formula is C18H23N3O3. The zero-order valence-corrected chi connectivity index (χ0v) is 14.0. The minimum Gasteiger partial charge on any atom is -0.495 e. The fraction of sp³-hybridized carbons (Fsp3) is 0.556. The van der Waals surface area contributed by atoms with Gasteiger partial charge in [-0.2, -0.15) is 0 Å². The number of carbonyl (C=O) groups excluding carboxylic acids is 2. The van der Waals surface area contributed by atoms with E-state index in [9.17, 15) is 9.59 Å². The summed E-state index contributed by atoms with van der Waals surface area (Å²) in [5.74, 6) is 0.887. The quantitative estimate of drug-likeness (QED) is 0.797. The molecular weight excluding hydrogens is 306 g/mol. The van der Waals surface area contributed by atoms with Crippen molar-refractivity contribution in [2.24, 2.45) is 0 Å². The van der Waals surface area contributed by atoms with Crippen molar-refractivity contribution in [2.75, 3.05) is 31.6 Å². The van der Waals surface area contributed by atoms with Gasteiger partial charge in [-0.05, 0) is 37.8 Å². The summed E-state index contributed by atoms with van der Waals surface area (Å²) in [6, 6.07) is 7.75. The zero-order valence-electron chi connectivity index (χ0n) is 14.0. The summed E-state index contributed by atoms with van der Waals surface area (Å²) in [5.41, 5.74) is 1.08. The van der Waals surface area contributed by atoms with Crippen LogP contribution >= 0.6 is 0 Å². The maximum absolute atomic E-state index is 12.6. The van der Waals surface area contributed by atoms with Crippen molar-refractivity contribution in [1.29, 1.82) is 0 Å². The number of piperidine rings is 1. The Labute approximate surface area is 142 Å². The molecule has 0 saturated carbocycles. The van der Waals surface area contributed by atoms with E-state index >= 15 is 0 Å². The molecule has 1 atom stereocenters. The van der Waals surface area contributed by atoms with E-state index in [2.05, 4.69) is 11.0 Å². The van der Waals surface area contributed by atoms with Gasteiger partial charge >= 0.3 is 6.03 Å². The van der Waals surface area contributed by atoms with Gasteiger partial charge in [0.25, 0.3) is 5.91 Å². The molecule has 3 saturated heterocycles. The molecule has 3 amide bonds. The number of hydrogen-bond acceptors (Lipinski definition) is 4. The lowest BCUT2D eigenvalue weighted by Crippen LogP contribution is -2.48. The smallest absolute Gasteiger partial charge is 0.327 e. The molecule has 0 bridgehead atoms. The van der Waals surface area contributed by atoms with E-state index in [0.717, 1.165) is 56.8 Å². The summed E-state index contributed by atoms with van der Waals surface area (Å²) < 4.78 is 5.44. The van der Waals surface area contributed by atoms with Crippen LogP contribution in [-0.4, -0.2) is 60.6 Å². The van der Waals surface area contributed by atoms with E-state index in [0.29, 0.717) is 0 Å². The summed E-state index contributed by atoms with van der Waals surface area (Å²) in [6.07, 6.45) is 3.40. The average molecular weight is 329 g/mol. The van der Waals surface area contributed by atoms with Crippen LogP contribution in [0, 0.1) is 0 Å². The first kappa shape index (κ1) is 15.3. The number of amides is 3. The van der Waals surface area contributed by atoms with Crippen molar-refractivity contribution in [2.45, 2.75) is 37.8 Å². The van der Waals surface area contributed by atoms with Crippen LogP contribution in [0.2, 0.25) is 0 Å². The highest BCUT2D eigenvalue weighted by atomic mass is 16.5. The van der Waals surface area contributed by atoms with Gasteiger partial charge in [-0.25, -0.2) is 4.79 Å². The average Bonchev–Trinajstić information content (AvgIpc) is 3.19. The second-order valence-corrected chi connectivity index (χ2v) is 6.73. The van der Waals surface area contributed by atoms with Gasteiger partial charge in [0.2, 0.25) is 0 Å². The molecule has 0 N–H and O–H groups in total. The van der Waals surface area contributed by atoms with Gasteiger partial charge in [0.05, 0.1) is 12.8 Å². The Morgan fingerprint density at radius 3 is 2.50 bits per heavy atom. The minimum atomic E-state index is -0.190. The van der Waals surface area contributed by atoms with Crippen LogP contribution in [0.1, 0.15) is 25.7 Å². The van der Waals surface area contributed by atoms with Crippen LogP contribution in [0.5, 0.6) is 5.75 Å². The van der Waals surface area contributed by atoms with Crippen molar-refractivity contribution in [1.82, 2.24) is 9.80 Å². The lowest BCUT2D eigenvalue weighted by molar-refractivity contribution is -0.129. The van der Waals surface area contributed by atoms with Crippen LogP contribution in [-0.2, 0) is 4.79 Å². The third kappa shape index (κ3) is 2.32. The van der Waals surface area contributed by atoms with E-state index in [1.54, 1.807) is 16.9 Å². The molecule has 0 spiro atoms. The number of urea groups is 1. The molecule has 1 aromatic carbocycles. The number of hydrogen-bond donors (Lipinski definition) is 0. The normalized spacial score (nSPS) is 24.7. The highest BCUT2D eigenvalue weighted by Gasteiger charge is 2.50. The third-order valence-electron chi connectivity index (χ3n) is 5.48. The fourth-order valence-electron chi connectivity index (χ4n) is 4.24. The molecule has 1 aromatic rings. The number of ether oxygens (including phenoxy) is 1. The number of methoxy groups -OCH3 is 1. The first-order chi connectivity index (χ1) is 11.7. The summed E-state index contributed by atoms with van der Waals surface area (Å²) >= 11 is 0. The number of imide groups is 1. The number of fused-ring (bicyclic) bond motifs is 1. The molecule has 0 aliphatic carbocycles. The van der Waals surface area contributed by atoms with Crippen molar-refractivity contribution in [3.05, 3.63) is 24.3 Å². The molecule has 128 valence electrons.